The number of phosphoric acid groups is 2. The molecule has 0 amide bonds. The monoisotopic (exact) mass is 695 g/mol. The number of aliphatic hydroxyl groups is 1. The molecule has 0 aromatic carbocycles. The van der Waals surface area contributed by atoms with E-state index in [9.17, 15) is 24.0 Å². The third-order valence-electron chi connectivity index (χ3n) is 7.53. The number of alkyl halides is 1. The topological polar surface area (TPSA) is 281 Å². The van der Waals surface area contributed by atoms with E-state index in [-0.39, 0.29) is 28.1 Å². The summed E-state index contributed by atoms with van der Waals surface area (Å²) in [5.74, 6) is 2.26. The lowest BCUT2D eigenvalue weighted by Crippen LogP contribution is -2.36. The summed E-state index contributed by atoms with van der Waals surface area (Å²) < 4.78 is 77.6. The number of hydrogen-bond acceptors (Lipinski definition) is 17. The summed E-state index contributed by atoms with van der Waals surface area (Å²) in [7, 11) is -10.3. The highest BCUT2D eigenvalue weighted by atomic mass is 31.2. The minimum absolute atomic E-state index is 0.00557. The first kappa shape index (κ1) is 30.2. The molecule has 47 heavy (non-hydrogen) atoms. The van der Waals surface area contributed by atoms with Gasteiger partial charge >= 0.3 is 15.6 Å². The maximum Gasteiger partial charge on any atom is 0.536 e. The number of rotatable bonds is 2. The minimum atomic E-state index is -5.16. The van der Waals surface area contributed by atoms with E-state index in [2.05, 4.69) is 40.9 Å². The lowest BCUT2D eigenvalue weighted by molar-refractivity contribution is -0.0534. The van der Waals surface area contributed by atoms with E-state index in [1.165, 1.54) is 28.1 Å². The molecule has 2 fully saturated rings. The third-order valence-corrected chi connectivity index (χ3v) is 9.35. The standard InChI is InChI=1S/C22H20FN11O11P2/c23-11-15-9(42-21(11)32-6-28-12-17(24)25-4-26-18(12)32)1-2-40-46(36,37)45-16-10(3-41-47(38,39)44-15)43-22(14(16)35)33-7-29-13-19(33)30-8-34-20(13)27-5-31-34/h4-11,14-16,21-22,35H,3H2,(H,36,37)(H,38,39)(H2,24,25,26)/t9-,10-,11-,14-,15-,16-,21?,22-/m1/s1. The van der Waals surface area contributed by atoms with Gasteiger partial charge in [0.05, 0.1) is 19.3 Å². The average Bonchev–Trinajstić information content (AvgIpc) is 3.84. The molecule has 246 valence electrons. The summed E-state index contributed by atoms with van der Waals surface area (Å²) in [6.45, 7) is -0.859. The SMILES string of the molecule is Nc1ncnc2c1ncn2C1O[C@@H]2C#COP(=O)(O)O[C@H]3[C@@H](O)[C@H](n4cnc5c4ncn4ncnc54)O[C@@H]3COP(=O)(O)O[C@H]2[C@H]1F. The maximum absolute atomic E-state index is 15.9. The van der Waals surface area contributed by atoms with Gasteiger partial charge in [-0.25, -0.2) is 47.9 Å². The number of nitrogens with two attached hydrogens (primary N) is 1. The predicted molar refractivity (Wildman–Crippen MR) is 147 cm³/mol. The Labute approximate surface area is 259 Å². The van der Waals surface area contributed by atoms with E-state index in [4.69, 9.17) is 33.3 Å². The van der Waals surface area contributed by atoms with E-state index in [1.807, 2.05) is 6.11 Å². The summed E-state index contributed by atoms with van der Waals surface area (Å²) in [5, 5.41) is 15.2. The number of anilines is 1. The van der Waals surface area contributed by atoms with Crippen LogP contribution in [0.1, 0.15) is 12.5 Å². The van der Waals surface area contributed by atoms with Crippen molar-refractivity contribution >= 4 is 49.4 Å². The Hall–Kier alpha value is -4.20. The number of nitrogen functional groups attached to an aromatic ring is 1. The van der Waals surface area contributed by atoms with Crippen LogP contribution in [0.25, 0.3) is 28.0 Å². The number of phosphoric ester groups is 2. The average molecular weight is 695 g/mol. The number of halogens is 1. The second-order valence-corrected chi connectivity index (χ2v) is 13.1. The number of aromatic nitrogens is 10. The van der Waals surface area contributed by atoms with Crippen LogP contribution in [0.15, 0.2) is 31.6 Å². The Morgan fingerprint density at radius 1 is 0.872 bits per heavy atom. The van der Waals surface area contributed by atoms with Crippen LogP contribution in [0.5, 0.6) is 0 Å². The fourth-order valence-corrected chi connectivity index (χ4v) is 7.17. The Morgan fingerprint density at radius 3 is 2.43 bits per heavy atom. The molecule has 0 bridgehead atoms. The van der Waals surface area contributed by atoms with Gasteiger partial charge in [-0.05, 0) is 5.92 Å². The first-order chi connectivity index (χ1) is 22.5. The molecule has 2 saturated heterocycles. The van der Waals surface area contributed by atoms with Gasteiger partial charge in [0.15, 0.2) is 53.0 Å². The number of nitrogens with zero attached hydrogens (tertiary/aromatic N) is 10. The smallest absolute Gasteiger partial charge is 0.386 e. The van der Waals surface area contributed by atoms with Gasteiger partial charge in [-0.3, -0.25) is 27.6 Å². The van der Waals surface area contributed by atoms with Gasteiger partial charge in [0.2, 0.25) is 0 Å². The molecule has 0 spiro atoms. The lowest BCUT2D eigenvalue weighted by atomic mass is 10.1. The van der Waals surface area contributed by atoms with Gasteiger partial charge in [-0.15, -0.1) is 0 Å². The predicted octanol–water partition coefficient (Wildman–Crippen LogP) is -0.631. The summed E-state index contributed by atoms with van der Waals surface area (Å²) in [6.07, 6.45) is -5.55. The van der Waals surface area contributed by atoms with E-state index in [1.54, 1.807) is 0 Å². The zero-order valence-electron chi connectivity index (χ0n) is 23.1. The number of imidazole rings is 2. The number of hydrogen-bond donors (Lipinski definition) is 4. The molecule has 0 saturated carbocycles. The van der Waals surface area contributed by atoms with Crippen molar-refractivity contribution in [2.75, 3.05) is 12.3 Å². The molecule has 5 aromatic rings. The summed E-state index contributed by atoms with van der Waals surface area (Å²) in [5.41, 5.74) is 6.83. The molecular formula is C22H20FN11O11P2. The van der Waals surface area contributed by atoms with E-state index in [0.717, 1.165) is 17.2 Å². The van der Waals surface area contributed by atoms with Crippen molar-refractivity contribution < 1.29 is 56.0 Å². The van der Waals surface area contributed by atoms with Crippen LogP contribution in [-0.2, 0) is 36.7 Å². The summed E-state index contributed by atoms with van der Waals surface area (Å²) >= 11 is 0. The molecular weight excluding hydrogens is 675 g/mol. The van der Waals surface area contributed by atoms with Crippen molar-refractivity contribution in [1.82, 2.24) is 48.7 Å². The molecule has 25 heteroatoms. The highest BCUT2D eigenvalue weighted by molar-refractivity contribution is 7.47. The van der Waals surface area contributed by atoms with Crippen LogP contribution in [0, 0.1) is 12.0 Å². The van der Waals surface area contributed by atoms with Gasteiger partial charge in [0.25, 0.3) is 0 Å². The second kappa shape index (κ2) is 10.9. The molecule has 22 nitrogen and oxygen atoms in total. The molecule has 0 radical (unpaired) electrons. The molecule has 3 aliphatic rings. The normalized spacial score (nSPS) is 36.2. The summed E-state index contributed by atoms with van der Waals surface area (Å²) in [6, 6.07) is 0. The molecule has 5 aromatic heterocycles. The van der Waals surface area contributed by atoms with Gasteiger partial charge in [-0.1, -0.05) is 0 Å². The number of fused-ring (bicyclic) bond motifs is 6. The van der Waals surface area contributed by atoms with Crippen LogP contribution < -0.4 is 5.73 Å². The highest BCUT2D eigenvalue weighted by Crippen LogP contribution is 2.52. The maximum atomic E-state index is 15.9. The van der Waals surface area contributed by atoms with Crippen molar-refractivity contribution in [3.63, 3.8) is 0 Å². The van der Waals surface area contributed by atoms with Crippen LogP contribution in [0.2, 0.25) is 0 Å². The van der Waals surface area contributed by atoms with Crippen LogP contribution in [-0.4, -0.2) is 107 Å². The molecule has 3 aliphatic heterocycles. The van der Waals surface area contributed by atoms with Crippen LogP contribution in [0.4, 0.5) is 10.2 Å². The zero-order valence-corrected chi connectivity index (χ0v) is 24.9. The van der Waals surface area contributed by atoms with E-state index < -0.39 is 71.4 Å². The molecule has 10 atom stereocenters. The number of aliphatic hydroxyl groups excluding tert-OH is 1. The van der Waals surface area contributed by atoms with Gasteiger partial charge in [-0.2, -0.15) is 5.10 Å². The quantitative estimate of drug-likeness (QED) is 0.132. The summed E-state index contributed by atoms with van der Waals surface area (Å²) in [4.78, 5) is 45.6. The van der Waals surface area contributed by atoms with E-state index >= 15 is 4.39 Å². The number of ether oxygens (including phenoxy) is 2. The van der Waals surface area contributed by atoms with Gasteiger partial charge in [0, 0.05) is 0 Å². The Kier molecular flexibility index (Phi) is 7.01. The fraction of sp³-hybridized carbons (Fsp3) is 0.409. The van der Waals surface area contributed by atoms with Crippen LogP contribution in [0.3, 0.4) is 0 Å². The van der Waals surface area contributed by atoms with Gasteiger partial charge in [0.1, 0.15) is 55.0 Å². The van der Waals surface area contributed by atoms with Crippen molar-refractivity contribution in [2.45, 2.75) is 49.1 Å². The molecule has 8 rings (SSSR count). The first-order valence-electron chi connectivity index (χ1n) is 13.4. The molecule has 5 N–H and O–H groups in total. The molecule has 3 unspecified atom stereocenters. The Bertz CT molecular complexity index is 2190. The Balaban J connectivity index is 1.09. The Morgan fingerprint density at radius 2 is 1.60 bits per heavy atom. The minimum Gasteiger partial charge on any atom is -0.386 e. The largest absolute Gasteiger partial charge is 0.536 e. The molecule has 0 aliphatic carbocycles. The van der Waals surface area contributed by atoms with Crippen molar-refractivity contribution in [1.29, 1.82) is 0 Å². The first-order valence-corrected chi connectivity index (χ1v) is 16.4. The molecule has 8 heterocycles. The third kappa shape index (κ3) is 5.11. The fourth-order valence-electron chi connectivity index (χ4n) is 5.46. The van der Waals surface area contributed by atoms with Gasteiger partial charge < -0.3 is 29.7 Å². The highest BCUT2D eigenvalue weighted by Gasteiger charge is 2.53. The van der Waals surface area contributed by atoms with Crippen molar-refractivity contribution in [3.8, 4) is 12.0 Å². The van der Waals surface area contributed by atoms with Crippen LogP contribution >= 0.6 is 15.6 Å². The lowest BCUT2D eigenvalue weighted by Gasteiger charge is -2.23. The van der Waals surface area contributed by atoms with Crippen molar-refractivity contribution in [3.05, 3.63) is 31.6 Å². The van der Waals surface area contributed by atoms with E-state index in [0.29, 0.717) is 5.65 Å². The van der Waals surface area contributed by atoms with Crippen molar-refractivity contribution in [2.24, 2.45) is 0 Å². The second-order valence-electron chi connectivity index (χ2n) is 10.3. The zero-order chi connectivity index (χ0) is 32.7.